The van der Waals surface area contributed by atoms with Gasteiger partial charge in [-0.15, -0.1) is 0 Å². The summed E-state index contributed by atoms with van der Waals surface area (Å²) in [4.78, 5) is 15.7. The topological polar surface area (TPSA) is 31.2 Å². The monoisotopic (exact) mass is 582 g/mol. The normalized spacial score (nSPS) is 18.9. The third-order valence-electron chi connectivity index (χ3n) is 8.83. The van der Waals surface area contributed by atoms with E-state index >= 15 is 0 Å². The molecule has 44 heavy (non-hydrogen) atoms. The molecule has 4 nitrogen and oxygen atoms in total. The zero-order valence-electron chi connectivity index (χ0n) is 27.2. The van der Waals surface area contributed by atoms with Gasteiger partial charge in [-0.2, -0.15) is 0 Å². The SMILES string of the molecule is CC(C)(C)c1ccc(N2C[C@H](Cc3ccccc3)N=C2C2=N[C@@H](Cc3ccccc3)CN2c2ccc(C(C)(C)C)cc2)cc1. The van der Waals surface area contributed by atoms with Crippen molar-refractivity contribution in [2.45, 2.75) is 77.3 Å². The average Bonchev–Trinajstić information content (AvgIpc) is 3.61. The first-order valence-electron chi connectivity index (χ1n) is 16.0. The number of rotatable bonds is 7. The standard InChI is InChI=1S/C40H46N4/c1-39(2,3)31-17-21-35(22-18-31)43-27-33(25-29-13-9-7-10-14-29)41-37(43)38-42-34(26-30-15-11-8-12-16-30)28-44(38)36-23-19-32(20-24-36)40(4,5)6/h7-24,33-34H,25-28H2,1-6H3/t33-,34-/m0/s1. The van der Waals surface area contributed by atoms with Gasteiger partial charge in [0.1, 0.15) is 0 Å². The molecule has 0 fully saturated rings. The molecule has 0 saturated carbocycles. The Morgan fingerprint density at radius 2 is 0.841 bits per heavy atom. The van der Waals surface area contributed by atoms with Crippen LogP contribution in [0.1, 0.15) is 63.8 Å². The second kappa shape index (κ2) is 12.1. The minimum absolute atomic E-state index is 0.104. The van der Waals surface area contributed by atoms with Gasteiger partial charge in [0.15, 0.2) is 11.7 Å². The lowest BCUT2D eigenvalue weighted by Gasteiger charge is -2.28. The Hall–Kier alpha value is -4.18. The summed E-state index contributed by atoms with van der Waals surface area (Å²) in [7, 11) is 0. The van der Waals surface area contributed by atoms with Gasteiger partial charge in [-0.25, -0.2) is 0 Å². The maximum atomic E-state index is 5.44. The summed E-state index contributed by atoms with van der Waals surface area (Å²) in [6.07, 6.45) is 1.81. The zero-order chi connectivity index (χ0) is 30.9. The number of nitrogens with zero attached hydrogens (tertiary/aromatic N) is 4. The molecule has 2 aliphatic rings. The van der Waals surface area contributed by atoms with Crippen molar-refractivity contribution >= 4 is 23.0 Å². The Morgan fingerprint density at radius 1 is 0.500 bits per heavy atom. The van der Waals surface area contributed by atoms with E-state index in [0.29, 0.717) is 0 Å². The number of anilines is 2. The predicted molar refractivity (Wildman–Crippen MR) is 188 cm³/mol. The maximum Gasteiger partial charge on any atom is 0.172 e. The summed E-state index contributed by atoms with van der Waals surface area (Å²) in [5.74, 6) is 1.95. The minimum atomic E-state index is 0.104. The Kier molecular flexibility index (Phi) is 8.20. The zero-order valence-corrected chi connectivity index (χ0v) is 27.2. The Balaban J connectivity index is 1.39. The second-order valence-electron chi connectivity index (χ2n) is 14.4. The highest BCUT2D eigenvalue weighted by atomic mass is 15.4. The molecule has 6 rings (SSSR count). The summed E-state index contributed by atoms with van der Waals surface area (Å²) in [6.45, 7) is 15.3. The van der Waals surface area contributed by atoms with E-state index < -0.39 is 0 Å². The molecule has 0 aliphatic carbocycles. The summed E-state index contributed by atoms with van der Waals surface area (Å²) in [5.41, 5.74) is 7.85. The lowest BCUT2D eigenvalue weighted by Crippen LogP contribution is -2.42. The van der Waals surface area contributed by atoms with E-state index in [1.165, 1.54) is 33.6 Å². The highest BCUT2D eigenvalue weighted by molar-refractivity contribution is 6.50. The first kappa shape index (κ1) is 29.9. The summed E-state index contributed by atoms with van der Waals surface area (Å²) >= 11 is 0. The van der Waals surface area contributed by atoms with Crippen molar-refractivity contribution in [3.8, 4) is 0 Å². The smallest absolute Gasteiger partial charge is 0.172 e. The van der Waals surface area contributed by atoms with E-state index in [1.807, 2.05) is 0 Å². The maximum absolute atomic E-state index is 5.44. The highest BCUT2D eigenvalue weighted by Gasteiger charge is 2.37. The Labute approximate surface area is 264 Å². The Bertz CT molecular complexity index is 1480. The molecule has 2 aliphatic heterocycles. The van der Waals surface area contributed by atoms with E-state index in [0.717, 1.165) is 37.6 Å². The van der Waals surface area contributed by atoms with Gasteiger partial charge < -0.3 is 9.80 Å². The van der Waals surface area contributed by atoms with Crippen LogP contribution in [-0.4, -0.2) is 36.8 Å². The fraction of sp³-hybridized carbons (Fsp3) is 0.350. The molecule has 0 spiro atoms. The molecule has 0 bridgehead atoms. The van der Waals surface area contributed by atoms with E-state index in [1.54, 1.807) is 0 Å². The fourth-order valence-corrected chi connectivity index (χ4v) is 6.25. The third-order valence-corrected chi connectivity index (χ3v) is 8.83. The number of hydrogen-bond acceptors (Lipinski definition) is 4. The molecule has 0 aromatic heterocycles. The van der Waals surface area contributed by atoms with Crippen LogP contribution in [0.4, 0.5) is 11.4 Å². The van der Waals surface area contributed by atoms with Crippen molar-refractivity contribution < 1.29 is 0 Å². The first-order chi connectivity index (χ1) is 21.0. The molecule has 4 heteroatoms. The molecule has 0 amide bonds. The van der Waals surface area contributed by atoms with Crippen molar-refractivity contribution in [2.24, 2.45) is 9.98 Å². The minimum Gasteiger partial charge on any atom is -0.321 e. The van der Waals surface area contributed by atoms with Crippen molar-refractivity contribution in [2.75, 3.05) is 22.9 Å². The van der Waals surface area contributed by atoms with Crippen LogP contribution >= 0.6 is 0 Å². The lowest BCUT2D eigenvalue weighted by atomic mass is 9.87. The van der Waals surface area contributed by atoms with E-state index in [-0.39, 0.29) is 22.9 Å². The van der Waals surface area contributed by atoms with E-state index in [2.05, 4.69) is 161 Å². The summed E-state index contributed by atoms with van der Waals surface area (Å²) in [6, 6.07) is 39.9. The quantitative estimate of drug-likeness (QED) is 0.218. The molecule has 0 saturated heterocycles. The lowest BCUT2D eigenvalue weighted by molar-refractivity contribution is 0.590. The second-order valence-corrected chi connectivity index (χ2v) is 14.4. The molecular weight excluding hydrogens is 536 g/mol. The summed E-state index contributed by atoms with van der Waals surface area (Å²) < 4.78 is 0. The molecule has 0 N–H and O–H groups in total. The van der Waals surface area contributed by atoms with Crippen molar-refractivity contribution in [3.63, 3.8) is 0 Å². The first-order valence-corrected chi connectivity index (χ1v) is 16.0. The van der Waals surface area contributed by atoms with Gasteiger partial charge in [-0.3, -0.25) is 9.98 Å². The van der Waals surface area contributed by atoms with Crippen LogP contribution < -0.4 is 9.80 Å². The van der Waals surface area contributed by atoms with Gasteiger partial charge in [0.2, 0.25) is 0 Å². The van der Waals surface area contributed by atoms with Crippen LogP contribution in [0, 0.1) is 0 Å². The fourth-order valence-electron chi connectivity index (χ4n) is 6.25. The van der Waals surface area contributed by atoms with Crippen molar-refractivity contribution in [3.05, 3.63) is 131 Å². The number of benzene rings is 4. The van der Waals surface area contributed by atoms with Gasteiger partial charge >= 0.3 is 0 Å². The van der Waals surface area contributed by atoms with Crippen molar-refractivity contribution in [1.29, 1.82) is 0 Å². The average molecular weight is 583 g/mol. The highest BCUT2D eigenvalue weighted by Crippen LogP contribution is 2.32. The Morgan fingerprint density at radius 3 is 1.16 bits per heavy atom. The van der Waals surface area contributed by atoms with Gasteiger partial charge in [-0.05, 0) is 70.2 Å². The van der Waals surface area contributed by atoms with E-state index in [4.69, 9.17) is 9.98 Å². The van der Waals surface area contributed by atoms with Crippen LogP contribution in [0.25, 0.3) is 0 Å². The molecule has 226 valence electrons. The van der Waals surface area contributed by atoms with Crippen LogP contribution in [-0.2, 0) is 23.7 Å². The van der Waals surface area contributed by atoms with Crippen molar-refractivity contribution in [1.82, 2.24) is 0 Å². The van der Waals surface area contributed by atoms with E-state index in [9.17, 15) is 0 Å². The third kappa shape index (κ3) is 6.65. The molecule has 0 radical (unpaired) electrons. The number of aliphatic imine (C=N–C) groups is 2. The molecule has 4 aromatic carbocycles. The molecule has 0 unspecified atom stereocenters. The molecule has 2 atom stereocenters. The van der Waals surface area contributed by atoms with Crippen LogP contribution in [0.3, 0.4) is 0 Å². The predicted octanol–water partition coefficient (Wildman–Crippen LogP) is 8.64. The largest absolute Gasteiger partial charge is 0.321 e. The van der Waals surface area contributed by atoms with Gasteiger partial charge in [0.05, 0.1) is 12.1 Å². The van der Waals surface area contributed by atoms with Crippen LogP contribution in [0.5, 0.6) is 0 Å². The number of hydrogen-bond donors (Lipinski definition) is 0. The summed E-state index contributed by atoms with van der Waals surface area (Å²) in [5, 5.41) is 0. The number of amidine groups is 2. The van der Waals surface area contributed by atoms with Crippen LogP contribution in [0.2, 0.25) is 0 Å². The molecule has 2 heterocycles. The van der Waals surface area contributed by atoms with Gasteiger partial charge in [-0.1, -0.05) is 126 Å². The van der Waals surface area contributed by atoms with Crippen LogP contribution in [0.15, 0.2) is 119 Å². The van der Waals surface area contributed by atoms with Gasteiger partial charge in [0.25, 0.3) is 0 Å². The molecular formula is C40H46N4. The van der Waals surface area contributed by atoms with Gasteiger partial charge in [0, 0.05) is 24.5 Å². The molecule has 4 aromatic rings.